The fourth-order valence-corrected chi connectivity index (χ4v) is 2.03. The van der Waals surface area contributed by atoms with E-state index in [0.717, 1.165) is 19.4 Å². The van der Waals surface area contributed by atoms with Crippen LogP contribution in [0.25, 0.3) is 0 Å². The van der Waals surface area contributed by atoms with E-state index in [1.165, 1.54) is 0 Å². The predicted molar refractivity (Wildman–Crippen MR) is 45.8 cm³/mol. The first-order valence-electron chi connectivity index (χ1n) is 4.66. The van der Waals surface area contributed by atoms with Gasteiger partial charge in [-0.2, -0.15) is 0 Å². The molecule has 2 rings (SSSR count). The molecule has 66 valence electrons. The maximum Gasteiger partial charge on any atom is 0.149 e. The van der Waals surface area contributed by atoms with Gasteiger partial charge in [-0.05, 0) is 12.8 Å². The Hall–Kier alpha value is -0.630. The first-order valence-corrected chi connectivity index (χ1v) is 4.66. The Balaban J connectivity index is 1.95. The van der Waals surface area contributed by atoms with Crippen LogP contribution in [0.3, 0.4) is 0 Å². The molecule has 0 spiro atoms. The Morgan fingerprint density at radius 2 is 2.42 bits per heavy atom. The first-order chi connectivity index (χ1) is 5.83. The van der Waals surface area contributed by atoms with Crippen molar-refractivity contribution in [1.82, 2.24) is 0 Å². The van der Waals surface area contributed by atoms with E-state index in [4.69, 9.17) is 4.74 Å². The van der Waals surface area contributed by atoms with E-state index in [2.05, 4.69) is 6.92 Å². The quantitative estimate of drug-likeness (QED) is 0.595. The molecule has 0 saturated heterocycles. The van der Waals surface area contributed by atoms with Gasteiger partial charge in [0.15, 0.2) is 0 Å². The highest BCUT2D eigenvalue weighted by atomic mass is 16.5. The van der Waals surface area contributed by atoms with Gasteiger partial charge in [-0.3, -0.25) is 4.79 Å². The van der Waals surface area contributed by atoms with Crippen LogP contribution < -0.4 is 0 Å². The van der Waals surface area contributed by atoms with Crippen LogP contribution in [0.1, 0.15) is 19.8 Å². The van der Waals surface area contributed by atoms with Crippen LogP contribution in [-0.2, 0) is 9.53 Å². The Morgan fingerprint density at radius 3 is 2.92 bits per heavy atom. The van der Waals surface area contributed by atoms with Gasteiger partial charge in [-0.25, -0.2) is 0 Å². The number of hydrogen-bond acceptors (Lipinski definition) is 2. The fraction of sp³-hybridized carbons (Fsp3) is 0.700. The summed E-state index contributed by atoms with van der Waals surface area (Å²) < 4.78 is 5.58. The summed E-state index contributed by atoms with van der Waals surface area (Å²) in [4.78, 5) is 11.4. The van der Waals surface area contributed by atoms with Crippen molar-refractivity contribution >= 4 is 5.78 Å². The van der Waals surface area contributed by atoms with Crippen LogP contribution in [0.5, 0.6) is 0 Å². The largest absolute Gasteiger partial charge is 0.377 e. The van der Waals surface area contributed by atoms with Gasteiger partial charge in [0.25, 0.3) is 0 Å². The highest BCUT2D eigenvalue weighted by molar-refractivity contribution is 5.92. The minimum atomic E-state index is 0.0848. The van der Waals surface area contributed by atoms with Crippen molar-refractivity contribution < 1.29 is 9.53 Å². The van der Waals surface area contributed by atoms with Crippen molar-refractivity contribution in [2.45, 2.75) is 25.9 Å². The summed E-state index contributed by atoms with van der Waals surface area (Å²) in [5.74, 6) is 0.634. The Morgan fingerprint density at radius 1 is 1.58 bits per heavy atom. The molecule has 0 aliphatic heterocycles. The van der Waals surface area contributed by atoms with E-state index in [1.54, 1.807) is 0 Å². The molecule has 2 aliphatic rings. The summed E-state index contributed by atoms with van der Waals surface area (Å²) in [7, 11) is 0. The molecule has 2 aliphatic carbocycles. The summed E-state index contributed by atoms with van der Waals surface area (Å²) in [5.41, 5.74) is 0. The fourth-order valence-electron chi connectivity index (χ4n) is 2.03. The molecule has 3 atom stereocenters. The van der Waals surface area contributed by atoms with Crippen LogP contribution in [-0.4, -0.2) is 18.5 Å². The zero-order chi connectivity index (χ0) is 8.55. The van der Waals surface area contributed by atoms with Crippen molar-refractivity contribution in [2.75, 3.05) is 6.61 Å². The number of allylic oxidation sites excluding steroid dienone is 1. The molecule has 2 nitrogen and oxygen atoms in total. The third-order valence-electron chi connectivity index (χ3n) is 2.67. The molecule has 2 bridgehead atoms. The van der Waals surface area contributed by atoms with E-state index in [1.807, 2.05) is 12.2 Å². The van der Waals surface area contributed by atoms with Crippen LogP contribution in [0, 0.1) is 11.8 Å². The highest BCUT2D eigenvalue weighted by Gasteiger charge is 2.43. The van der Waals surface area contributed by atoms with Crippen LogP contribution in [0.4, 0.5) is 0 Å². The molecular weight excluding hydrogens is 152 g/mol. The molecule has 0 aromatic carbocycles. The van der Waals surface area contributed by atoms with Gasteiger partial charge in [0.1, 0.15) is 5.78 Å². The van der Waals surface area contributed by atoms with Gasteiger partial charge in [0.05, 0.1) is 12.0 Å². The summed E-state index contributed by atoms with van der Waals surface area (Å²) in [6, 6.07) is 0. The Kier molecular flexibility index (Phi) is 2.01. The van der Waals surface area contributed by atoms with Crippen LogP contribution in [0.2, 0.25) is 0 Å². The molecule has 1 saturated carbocycles. The average Bonchev–Trinajstić information content (AvgIpc) is 2.58. The third kappa shape index (κ3) is 1.11. The predicted octanol–water partition coefficient (Wildman–Crippen LogP) is 1.56. The number of ether oxygens (including phenoxy) is 1. The van der Waals surface area contributed by atoms with Crippen molar-refractivity contribution in [3.63, 3.8) is 0 Å². The molecule has 3 unspecified atom stereocenters. The second-order valence-electron chi connectivity index (χ2n) is 3.56. The number of hydrogen-bond donors (Lipinski definition) is 0. The molecule has 0 N–H and O–H groups in total. The summed E-state index contributed by atoms with van der Waals surface area (Å²) >= 11 is 0. The number of carbonyl (C=O) groups is 1. The first kappa shape index (κ1) is 7.99. The second-order valence-corrected chi connectivity index (χ2v) is 3.56. The van der Waals surface area contributed by atoms with Crippen LogP contribution >= 0.6 is 0 Å². The highest BCUT2D eigenvalue weighted by Crippen LogP contribution is 2.37. The number of ketones is 1. The molecule has 0 radical (unpaired) electrons. The van der Waals surface area contributed by atoms with Gasteiger partial charge >= 0.3 is 0 Å². The van der Waals surface area contributed by atoms with Crippen molar-refractivity contribution in [2.24, 2.45) is 11.8 Å². The second kappa shape index (κ2) is 3.02. The van der Waals surface area contributed by atoms with E-state index in [9.17, 15) is 4.79 Å². The molecular formula is C10H14O2. The average molecular weight is 166 g/mol. The number of rotatable bonds is 3. The normalized spacial score (nSPS) is 38.1. The lowest BCUT2D eigenvalue weighted by Crippen LogP contribution is -2.20. The van der Waals surface area contributed by atoms with Gasteiger partial charge in [0, 0.05) is 12.5 Å². The minimum absolute atomic E-state index is 0.0848. The van der Waals surface area contributed by atoms with Gasteiger partial charge in [0.2, 0.25) is 0 Å². The van der Waals surface area contributed by atoms with E-state index < -0.39 is 0 Å². The topological polar surface area (TPSA) is 26.3 Å². The molecule has 2 heteroatoms. The van der Waals surface area contributed by atoms with E-state index in [-0.39, 0.29) is 17.9 Å². The molecule has 0 amide bonds. The lowest BCUT2D eigenvalue weighted by molar-refractivity contribution is -0.122. The van der Waals surface area contributed by atoms with Gasteiger partial charge in [-0.15, -0.1) is 0 Å². The zero-order valence-corrected chi connectivity index (χ0v) is 7.32. The van der Waals surface area contributed by atoms with E-state index in [0.29, 0.717) is 5.78 Å². The number of carbonyl (C=O) groups excluding carboxylic acids is 1. The molecule has 0 aromatic rings. The Labute approximate surface area is 72.6 Å². The lowest BCUT2D eigenvalue weighted by atomic mass is 10.0. The third-order valence-corrected chi connectivity index (χ3v) is 2.67. The maximum atomic E-state index is 11.4. The van der Waals surface area contributed by atoms with Gasteiger partial charge < -0.3 is 4.74 Å². The van der Waals surface area contributed by atoms with Crippen molar-refractivity contribution in [1.29, 1.82) is 0 Å². The number of Topliss-reactive ketones (excluding diaryl/α,β-unsaturated/α-hetero) is 1. The molecule has 1 fully saturated rings. The van der Waals surface area contributed by atoms with Crippen molar-refractivity contribution in [3.05, 3.63) is 12.2 Å². The minimum Gasteiger partial charge on any atom is -0.377 e. The zero-order valence-electron chi connectivity index (χ0n) is 7.32. The SMILES string of the molecule is CCCOC1CC2C=CC1C2=O. The summed E-state index contributed by atoms with van der Waals surface area (Å²) in [6.07, 6.45) is 6.17. The Bertz CT molecular complexity index is 220. The number of fused-ring (bicyclic) bond motifs is 2. The van der Waals surface area contributed by atoms with Gasteiger partial charge in [-0.1, -0.05) is 19.1 Å². The monoisotopic (exact) mass is 166 g/mol. The lowest BCUT2D eigenvalue weighted by Gasteiger charge is -2.16. The van der Waals surface area contributed by atoms with Crippen molar-refractivity contribution in [3.8, 4) is 0 Å². The molecule has 0 aromatic heterocycles. The smallest absolute Gasteiger partial charge is 0.149 e. The maximum absolute atomic E-state index is 11.4. The molecule has 12 heavy (non-hydrogen) atoms. The summed E-state index contributed by atoms with van der Waals surface area (Å²) in [5, 5.41) is 0. The standard InChI is InChI=1S/C10H14O2/c1-2-5-12-9-6-7-3-4-8(9)10(7)11/h3-4,7-9H,2,5-6H2,1H3. The molecule has 0 heterocycles. The van der Waals surface area contributed by atoms with Crippen LogP contribution in [0.15, 0.2) is 12.2 Å². The summed E-state index contributed by atoms with van der Waals surface area (Å²) in [6.45, 7) is 2.87. The van der Waals surface area contributed by atoms with E-state index >= 15 is 0 Å².